The van der Waals surface area contributed by atoms with Crippen molar-refractivity contribution in [1.29, 1.82) is 0 Å². The van der Waals surface area contributed by atoms with Crippen LogP contribution in [0.3, 0.4) is 0 Å². The standard InChI is InChI=1S/2C6H4F2O.2ClH.Zr/c2*7-4-1-2-5(8)6(9)3-4;;;/h2*1-3,9H;2*1H;/q;;;;+2/p-2. The molecule has 0 saturated heterocycles. The molecule has 0 atom stereocenters. The van der Waals surface area contributed by atoms with Crippen molar-refractivity contribution in [3.05, 3.63) is 59.7 Å². The van der Waals surface area contributed by atoms with E-state index in [0.29, 0.717) is 0 Å². The average Bonchev–Trinajstić information content (AvgIpc) is 2.30. The van der Waals surface area contributed by atoms with Crippen LogP contribution in [-0.4, -0.2) is 10.2 Å². The molecule has 21 heavy (non-hydrogen) atoms. The molecule has 2 N–H and O–H groups in total. The van der Waals surface area contributed by atoms with Gasteiger partial charge in [0.25, 0.3) is 0 Å². The molecule has 2 aromatic rings. The number of rotatable bonds is 0. The van der Waals surface area contributed by atoms with E-state index in [1.165, 1.54) is 0 Å². The molecule has 0 aliphatic heterocycles. The number of hydrogen-bond donors (Lipinski definition) is 2. The molecule has 2 aromatic carbocycles. The third-order valence-electron chi connectivity index (χ3n) is 1.82. The molecule has 0 unspecified atom stereocenters. The first-order valence-corrected chi connectivity index (χ1v) is 4.68. The molecule has 0 bridgehead atoms. The van der Waals surface area contributed by atoms with E-state index in [-0.39, 0.29) is 51.0 Å². The molecule has 0 aliphatic carbocycles. The van der Waals surface area contributed by atoms with Gasteiger partial charge >= 0.3 is 26.2 Å². The van der Waals surface area contributed by atoms with Crippen LogP contribution in [0.2, 0.25) is 0 Å². The second kappa shape index (κ2) is 11.8. The molecular formula is C12H8Cl2F4O2Zr. The minimum Gasteiger partial charge on any atom is -1.00 e. The normalized spacial score (nSPS) is 8.19. The first-order valence-electron chi connectivity index (χ1n) is 4.68. The Morgan fingerprint density at radius 2 is 0.905 bits per heavy atom. The van der Waals surface area contributed by atoms with Crippen molar-refractivity contribution in [3.63, 3.8) is 0 Å². The summed E-state index contributed by atoms with van der Waals surface area (Å²) in [5.41, 5.74) is 0. The van der Waals surface area contributed by atoms with Gasteiger partial charge < -0.3 is 35.0 Å². The van der Waals surface area contributed by atoms with Crippen LogP contribution in [0, 0.1) is 23.3 Å². The maximum atomic E-state index is 12.1. The van der Waals surface area contributed by atoms with Gasteiger partial charge in [0, 0.05) is 12.1 Å². The van der Waals surface area contributed by atoms with Crippen molar-refractivity contribution in [2.75, 3.05) is 0 Å². The van der Waals surface area contributed by atoms with Crippen LogP contribution in [-0.2, 0) is 26.2 Å². The van der Waals surface area contributed by atoms with Crippen LogP contribution in [0.1, 0.15) is 0 Å². The van der Waals surface area contributed by atoms with Crippen LogP contribution in [0.4, 0.5) is 17.6 Å². The molecule has 0 saturated carbocycles. The van der Waals surface area contributed by atoms with Crippen LogP contribution in [0.25, 0.3) is 0 Å². The summed E-state index contributed by atoms with van der Waals surface area (Å²) < 4.78 is 48.2. The van der Waals surface area contributed by atoms with Crippen LogP contribution in [0.15, 0.2) is 36.4 Å². The molecule has 114 valence electrons. The number of aromatic hydroxyl groups is 2. The van der Waals surface area contributed by atoms with Gasteiger partial charge in [0.1, 0.15) is 11.6 Å². The second-order valence-electron chi connectivity index (χ2n) is 3.19. The van der Waals surface area contributed by atoms with E-state index < -0.39 is 34.8 Å². The van der Waals surface area contributed by atoms with Gasteiger partial charge in [-0.05, 0) is 24.3 Å². The molecule has 0 amide bonds. The van der Waals surface area contributed by atoms with E-state index in [0.717, 1.165) is 36.4 Å². The molecule has 0 spiro atoms. The molecule has 2 rings (SSSR count). The van der Waals surface area contributed by atoms with Gasteiger partial charge in [-0.1, -0.05) is 0 Å². The molecule has 0 heterocycles. The van der Waals surface area contributed by atoms with Crippen molar-refractivity contribution in [2.45, 2.75) is 0 Å². The van der Waals surface area contributed by atoms with Crippen molar-refractivity contribution in [2.24, 2.45) is 0 Å². The second-order valence-corrected chi connectivity index (χ2v) is 3.19. The van der Waals surface area contributed by atoms with Gasteiger partial charge in [-0.2, -0.15) is 0 Å². The van der Waals surface area contributed by atoms with E-state index in [1.54, 1.807) is 0 Å². The Labute approximate surface area is 149 Å². The number of hydrogen-bond acceptors (Lipinski definition) is 2. The summed E-state index contributed by atoms with van der Waals surface area (Å²) >= 11 is 0. The Morgan fingerprint density at radius 3 is 1.10 bits per heavy atom. The van der Waals surface area contributed by atoms with Crippen molar-refractivity contribution in [3.8, 4) is 11.5 Å². The fourth-order valence-corrected chi connectivity index (χ4v) is 0.972. The smallest absolute Gasteiger partial charge is 1.00 e. The Bertz CT molecular complexity index is 509. The van der Waals surface area contributed by atoms with Crippen LogP contribution in [0.5, 0.6) is 11.5 Å². The summed E-state index contributed by atoms with van der Waals surface area (Å²) in [6.45, 7) is 0. The summed E-state index contributed by atoms with van der Waals surface area (Å²) in [5, 5.41) is 17.0. The fourth-order valence-electron chi connectivity index (χ4n) is 0.972. The van der Waals surface area contributed by atoms with E-state index in [4.69, 9.17) is 10.2 Å². The van der Waals surface area contributed by atoms with Gasteiger partial charge in [0.05, 0.1) is 0 Å². The summed E-state index contributed by atoms with van der Waals surface area (Å²) in [5.74, 6) is -4.22. The summed E-state index contributed by atoms with van der Waals surface area (Å²) in [7, 11) is 0. The van der Waals surface area contributed by atoms with Crippen molar-refractivity contribution < 1.29 is 78.8 Å². The average molecular weight is 422 g/mol. The molecular weight excluding hydrogens is 414 g/mol. The van der Waals surface area contributed by atoms with Crippen LogP contribution < -0.4 is 24.8 Å². The van der Waals surface area contributed by atoms with Crippen molar-refractivity contribution in [1.82, 2.24) is 0 Å². The monoisotopic (exact) mass is 420 g/mol. The first-order chi connectivity index (χ1) is 8.40. The maximum Gasteiger partial charge on any atom is 2.00 e. The van der Waals surface area contributed by atoms with Gasteiger partial charge in [-0.3, -0.25) is 0 Å². The third-order valence-corrected chi connectivity index (χ3v) is 1.82. The SMILES string of the molecule is Oc1cc(F)ccc1F.Oc1cc(F)ccc1F.[Cl-].[Cl-].[Zr+2]. The molecule has 0 radical (unpaired) electrons. The molecule has 2 nitrogen and oxygen atoms in total. The predicted octanol–water partition coefficient (Wildman–Crippen LogP) is -2.65. The molecule has 0 fully saturated rings. The first kappa shape index (κ1) is 25.2. The Balaban J connectivity index is -0.000000270. The minimum atomic E-state index is -0.809. The Morgan fingerprint density at radius 1 is 0.619 bits per heavy atom. The number of halogens is 6. The Kier molecular flexibility index (Phi) is 14.2. The van der Waals surface area contributed by atoms with Gasteiger partial charge in [-0.15, -0.1) is 0 Å². The quantitative estimate of drug-likeness (QED) is 0.456. The number of benzene rings is 2. The predicted molar refractivity (Wildman–Crippen MR) is 56.0 cm³/mol. The fraction of sp³-hybridized carbons (Fsp3) is 0. The maximum absolute atomic E-state index is 12.1. The van der Waals surface area contributed by atoms with Gasteiger partial charge in [-0.25, -0.2) is 17.6 Å². The zero-order valence-corrected chi connectivity index (χ0v) is 14.1. The molecule has 0 aliphatic rings. The van der Waals surface area contributed by atoms with Crippen LogP contribution >= 0.6 is 0 Å². The Hall–Kier alpha value is -0.777. The zero-order chi connectivity index (χ0) is 13.7. The van der Waals surface area contributed by atoms with Gasteiger partial charge in [0.15, 0.2) is 23.1 Å². The number of phenols is 2. The minimum absolute atomic E-state index is 0. The summed E-state index contributed by atoms with van der Waals surface area (Å²) in [6, 6.07) is 5.05. The number of phenolic OH excluding ortho intramolecular Hbond substituents is 2. The van der Waals surface area contributed by atoms with E-state index in [2.05, 4.69) is 0 Å². The van der Waals surface area contributed by atoms with E-state index in [9.17, 15) is 17.6 Å². The largest absolute Gasteiger partial charge is 2.00 e. The topological polar surface area (TPSA) is 40.5 Å². The molecule has 9 heteroatoms. The molecule has 0 aromatic heterocycles. The zero-order valence-electron chi connectivity index (χ0n) is 10.1. The third kappa shape index (κ3) is 8.96. The van der Waals surface area contributed by atoms with E-state index in [1.807, 2.05) is 0 Å². The van der Waals surface area contributed by atoms with E-state index >= 15 is 0 Å². The van der Waals surface area contributed by atoms with Gasteiger partial charge in [0.2, 0.25) is 0 Å². The summed E-state index contributed by atoms with van der Waals surface area (Å²) in [6.07, 6.45) is 0. The summed E-state index contributed by atoms with van der Waals surface area (Å²) in [4.78, 5) is 0. The van der Waals surface area contributed by atoms with Crippen molar-refractivity contribution >= 4 is 0 Å².